The van der Waals surface area contributed by atoms with Gasteiger partial charge in [-0.05, 0) is 57.6 Å². The highest BCUT2D eigenvalue weighted by molar-refractivity contribution is 6.05. The van der Waals surface area contributed by atoms with Crippen LogP contribution >= 0.6 is 0 Å². The first-order chi connectivity index (χ1) is 24.8. The monoisotopic (exact) mass is 639 g/mol. The Labute approximate surface area is 289 Å². The van der Waals surface area contributed by atoms with Gasteiger partial charge in [0.15, 0.2) is 17.5 Å². The van der Waals surface area contributed by atoms with Crippen molar-refractivity contribution in [3.8, 4) is 45.3 Å². The van der Waals surface area contributed by atoms with Crippen LogP contribution < -0.4 is 0 Å². The maximum absolute atomic E-state index is 6.26. The van der Waals surface area contributed by atoms with Gasteiger partial charge in [0.2, 0.25) is 0 Å². The molecule has 0 atom stereocenters. The topological polar surface area (TPSA) is 51.8 Å². The number of hydrogen-bond donors (Lipinski definition) is 0. The third-order valence-electron chi connectivity index (χ3n) is 10.0. The first-order valence-corrected chi connectivity index (χ1v) is 16.9. The van der Waals surface area contributed by atoms with E-state index in [1.807, 2.05) is 54.6 Å². The number of para-hydroxylation sites is 1. The molecule has 1 aliphatic carbocycles. The van der Waals surface area contributed by atoms with Gasteiger partial charge in [0, 0.05) is 27.5 Å². The summed E-state index contributed by atoms with van der Waals surface area (Å²) in [5.41, 5.74) is 11.2. The molecule has 4 nitrogen and oxygen atoms in total. The number of benzene rings is 7. The molecule has 50 heavy (non-hydrogen) atoms. The molecule has 0 saturated heterocycles. The minimum absolute atomic E-state index is 0.519. The molecule has 7 aromatic carbocycles. The van der Waals surface area contributed by atoms with Crippen LogP contribution in [0.25, 0.3) is 67.2 Å². The van der Waals surface area contributed by atoms with Crippen LogP contribution in [0.15, 0.2) is 180 Å². The van der Waals surface area contributed by atoms with Crippen LogP contribution in [0.1, 0.15) is 22.3 Å². The molecule has 9 aromatic rings. The van der Waals surface area contributed by atoms with E-state index in [1.54, 1.807) is 0 Å². The predicted molar refractivity (Wildman–Crippen MR) is 201 cm³/mol. The second kappa shape index (κ2) is 11.2. The van der Waals surface area contributed by atoms with Crippen molar-refractivity contribution in [2.75, 3.05) is 0 Å². The van der Waals surface area contributed by atoms with E-state index >= 15 is 0 Å². The Morgan fingerprint density at radius 1 is 0.360 bits per heavy atom. The summed E-state index contributed by atoms with van der Waals surface area (Å²) in [6.45, 7) is 0. The van der Waals surface area contributed by atoms with Crippen LogP contribution in [0.4, 0.5) is 0 Å². The fourth-order valence-electron chi connectivity index (χ4n) is 7.80. The van der Waals surface area contributed by atoms with E-state index in [4.69, 9.17) is 19.4 Å². The predicted octanol–water partition coefficient (Wildman–Crippen LogP) is 11.1. The maximum atomic E-state index is 6.26. The summed E-state index contributed by atoms with van der Waals surface area (Å²) in [7, 11) is 0. The van der Waals surface area contributed by atoms with Gasteiger partial charge in [0.05, 0.1) is 5.41 Å². The SMILES string of the molecule is c1ccc(-c2nc(-c3ccc4c(c3)C(c3ccccc3)(c3ccccc3)c3ccccc3-4)nc(-c3ccc4c(c3)oc3ccccc34)n2)cc1. The molecule has 234 valence electrons. The Kier molecular flexibility index (Phi) is 6.36. The molecule has 0 radical (unpaired) electrons. The van der Waals surface area contributed by atoms with Crippen LogP contribution in [0.5, 0.6) is 0 Å². The molecule has 0 aliphatic heterocycles. The Hall–Kier alpha value is -6.65. The first kappa shape index (κ1) is 28.4. The van der Waals surface area contributed by atoms with Gasteiger partial charge in [-0.2, -0.15) is 0 Å². The number of nitrogens with zero attached hydrogens (tertiary/aromatic N) is 3. The summed E-state index contributed by atoms with van der Waals surface area (Å²) in [5, 5.41) is 2.16. The molecule has 2 aromatic heterocycles. The normalized spacial score (nSPS) is 13.0. The van der Waals surface area contributed by atoms with Crippen molar-refractivity contribution in [2.45, 2.75) is 5.41 Å². The van der Waals surface area contributed by atoms with Gasteiger partial charge in [0.1, 0.15) is 11.2 Å². The van der Waals surface area contributed by atoms with E-state index in [2.05, 4.69) is 121 Å². The van der Waals surface area contributed by atoms with E-state index in [0.29, 0.717) is 17.5 Å². The van der Waals surface area contributed by atoms with Crippen molar-refractivity contribution in [3.63, 3.8) is 0 Å². The fraction of sp³-hybridized carbons (Fsp3) is 0.0217. The van der Waals surface area contributed by atoms with Crippen LogP contribution in [0.2, 0.25) is 0 Å². The first-order valence-electron chi connectivity index (χ1n) is 16.9. The molecule has 0 unspecified atom stereocenters. The third kappa shape index (κ3) is 4.28. The molecule has 2 heterocycles. The van der Waals surface area contributed by atoms with Crippen LogP contribution in [-0.2, 0) is 5.41 Å². The van der Waals surface area contributed by atoms with Crippen LogP contribution in [-0.4, -0.2) is 15.0 Å². The van der Waals surface area contributed by atoms with Gasteiger partial charge in [-0.1, -0.05) is 152 Å². The lowest BCUT2D eigenvalue weighted by Gasteiger charge is -2.34. The zero-order chi connectivity index (χ0) is 33.1. The molecular weight excluding hydrogens is 611 g/mol. The van der Waals surface area contributed by atoms with Crippen molar-refractivity contribution in [3.05, 3.63) is 198 Å². The fourth-order valence-corrected chi connectivity index (χ4v) is 7.80. The zero-order valence-corrected chi connectivity index (χ0v) is 27.0. The molecular formula is C46H29N3O. The molecule has 10 rings (SSSR count). The van der Waals surface area contributed by atoms with Gasteiger partial charge in [-0.15, -0.1) is 0 Å². The minimum Gasteiger partial charge on any atom is -0.456 e. The average Bonchev–Trinajstić information content (AvgIpc) is 3.72. The molecule has 0 spiro atoms. The highest BCUT2D eigenvalue weighted by atomic mass is 16.3. The lowest BCUT2D eigenvalue weighted by Crippen LogP contribution is -2.28. The van der Waals surface area contributed by atoms with Crippen molar-refractivity contribution < 1.29 is 4.42 Å². The molecule has 0 saturated carbocycles. The smallest absolute Gasteiger partial charge is 0.164 e. The number of hydrogen-bond acceptors (Lipinski definition) is 4. The Morgan fingerprint density at radius 2 is 0.880 bits per heavy atom. The average molecular weight is 640 g/mol. The van der Waals surface area contributed by atoms with Gasteiger partial charge in [0.25, 0.3) is 0 Å². The maximum Gasteiger partial charge on any atom is 0.164 e. The largest absolute Gasteiger partial charge is 0.456 e. The van der Waals surface area contributed by atoms with E-state index in [1.165, 1.54) is 33.4 Å². The second-order valence-electron chi connectivity index (χ2n) is 12.8. The van der Waals surface area contributed by atoms with Crippen molar-refractivity contribution in [2.24, 2.45) is 0 Å². The summed E-state index contributed by atoms with van der Waals surface area (Å²) < 4.78 is 6.26. The number of fused-ring (bicyclic) bond motifs is 6. The lowest BCUT2D eigenvalue weighted by atomic mass is 9.67. The summed E-state index contributed by atoms with van der Waals surface area (Å²) in [5.74, 6) is 1.83. The van der Waals surface area contributed by atoms with Crippen molar-refractivity contribution in [1.29, 1.82) is 0 Å². The van der Waals surface area contributed by atoms with E-state index < -0.39 is 5.41 Å². The van der Waals surface area contributed by atoms with E-state index in [-0.39, 0.29) is 0 Å². The number of rotatable bonds is 5. The third-order valence-corrected chi connectivity index (χ3v) is 10.0. The van der Waals surface area contributed by atoms with Crippen molar-refractivity contribution >= 4 is 21.9 Å². The van der Waals surface area contributed by atoms with Crippen LogP contribution in [0, 0.1) is 0 Å². The quantitative estimate of drug-likeness (QED) is 0.188. The van der Waals surface area contributed by atoms with Crippen molar-refractivity contribution in [1.82, 2.24) is 15.0 Å². The minimum atomic E-state index is -0.519. The summed E-state index contributed by atoms with van der Waals surface area (Å²) in [4.78, 5) is 15.3. The zero-order valence-electron chi connectivity index (χ0n) is 27.0. The molecule has 1 aliphatic rings. The number of furan rings is 1. The molecule has 0 fully saturated rings. The van der Waals surface area contributed by atoms with E-state index in [9.17, 15) is 0 Å². The summed E-state index contributed by atoms with van der Waals surface area (Å²) in [6.07, 6.45) is 0. The Balaban J connectivity index is 1.21. The van der Waals surface area contributed by atoms with Gasteiger partial charge in [-0.25, -0.2) is 15.0 Å². The molecule has 0 bridgehead atoms. The summed E-state index contributed by atoms with van der Waals surface area (Å²) >= 11 is 0. The lowest BCUT2D eigenvalue weighted by molar-refractivity contribution is 0.669. The number of aromatic nitrogens is 3. The van der Waals surface area contributed by atoms with Crippen LogP contribution in [0.3, 0.4) is 0 Å². The Morgan fingerprint density at radius 3 is 1.60 bits per heavy atom. The molecule has 0 amide bonds. The standard InChI is InChI=1S/C46H29N3O/c1-4-14-30(15-5-1)43-47-44(49-45(48-43)32-25-27-38-37-21-11-13-23-41(37)50-42(38)29-32)31-24-26-36-35-20-10-12-22-39(35)46(40(36)28-31,33-16-6-2-7-17-33)34-18-8-3-9-19-34/h1-29H. The van der Waals surface area contributed by atoms with Gasteiger partial charge >= 0.3 is 0 Å². The summed E-state index contributed by atoms with van der Waals surface area (Å²) in [6, 6.07) is 61.6. The Bertz CT molecular complexity index is 2660. The molecule has 0 N–H and O–H groups in total. The molecule has 4 heteroatoms. The highest BCUT2D eigenvalue weighted by Crippen LogP contribution is 2.56. The van der Waals surface area contributed by atoms with Gasteiger partial charge in [-0.3, -0.25) is 0 Å². The van der Waals surface area contributed by atoms with Gasteiger partial charge < -0.3 is 4.42 Å². The van der Waals surface area contributed by atoms with E-state index in [0.717, 1.165) is 38.6 Å². The second-order valence-corrected chi connectivity index (χ2v) is 12.8. The highest BCUT2D eigenvalue weighted by Gasteiger charge is 2.46.